The van der Waals surface area contributed by atoms with Crippen LogP contribution in [0.15, 0.2) is 30.3 Å². The van der Waals surface area contributed by atoms with Gasteiger partial charge in [-0.15, -0.1) is 0 Å². The molecule has 2 rings (SSSR count). The van der Waals surface area contributed by atoms with Gasteiger partial charge in [-0.1, -0.05) is 43.5 Å². The molecule has 1 aliphatic rings. The number of carboxylic acid groups (broad SMARTS) is 1. The smallest absolute Gasteiger partial charge is 0.308 e. The van der Waals surface area contributed by atoms with Crippen LogP contribution in [0.25, 0.3) is 6.08 Å². The van der Waals surface area contributed by atoms with Crippen molar-refractivity contribution in [1.29, 1.82) is 0 Å². The zero-order chi connectivity index (χ0) is 16.7. The third kappa shape index (κ3) is 5.51. The van der Waals surface area contributed by atoms with Crippen LogP contribution in [0.2, 0.25) is 0 Å². The minimum absolute atomic E-state index is 0.179. The van der Waals surface area contributed by atoms with E-state index in [-0.39, 0.29) is 24.2 Å². The zero-order valence-electron chi connectivity index (χ0n) is 13.0. The standard InChI is InChI=1S/C18H22FNO3/c19-14-11-9-13(10-12-14)5-4-8-17(21)20-16-7-3-1-2-6-15(16)18(22)23/h4-5,9-12,15-16H,1-3,6-8H2,(H,20,21)(H,22,23)/b5-4+/t15-,16+/m1/s1. The molecule has 0 radical (unpaired) electrons. The molecule has 124 valence electrons. The molecule has 1 amide bonds. The van der Waals surface area contributed by atoms with E-state index < -0.39 is 11.9 Å². The Morgan fingerprint density at radius 1 is 1.17 bits per heavy atom. The Kier molecular flexibility index (Phi) is 6.32. The van der Waals surface area contributed by atoms with E-state index >= 15 is 0 Å². The number of benzene rings is 1. The van der Waals surface area contributed by atoms with Crippen LogP contribution in [-0.4, -0.2) is 23.0 Å². The first kappa shape index (κ1) is 17.2. The fraction of sp³-hybridized carbons (Fsp3) is 0.444. The minimum Gasteiger partial charge on any atom is -0.481 e. The Morgan fingerprint density at radius 3 is 2.57 bits per heavy atom. The number of amides is 1. The first-order chi connectivity index (χ1) is 11.1. The van der Waals surface area contributed by atoms with Crippen LogP contribution in [0.4, 0.5) is 4.39 Å². The van der Waals surface area contributed by atoms with Gasteiger partial charge in [0.1, 0.15) is 5.82 Å². The largest absolute Gasteiger partial charge is 0.481 e. The van der Waals surface area contributed by atoms with Gasteiger partial charge < -0.3 is 10.4 Å². The van der Waals surface area contributed by atoms with Crippen molar-refractivity contribution in [3.63, 3.8) is 0 Å². The van der Waals surface area contributed by atoms with Crippen molar-refractivity contribution in [2.75, 3.05) is 0 Å². The quantitative estimate of drug-likeness (QED) is 0.818. The monoisotopic (exact) mass is 319 g/mol. The molecule has 0 bridgehead atoms. The Bertz CT molecular complexity index is 568. The first-order valence-corrected chi connectivity index (χ1v) is 8.00. The van der Waals surface area contributed by atoms with E-state index in [0.29, 0.717) is 12.8 Å². The summed E-state index contributed by atoms with van der Waals surface area (Å²) < 4.78 is 12.8. The maximum atomic E-state index is 12.8. The fourth-order valence-corrected chi connectivity index (χ4v) is 2.92. The number of carbonyl (C=O) groups excluding carboxylic acids is 1. The second kappa shape index (κ2) is 8.46. The SMILES string of the molecule is O=C(C/C=C/c1ccc(F)cc1)N[C@H]1CCCCC[C@H]1C(=O)O. The highest BCUT2D eigenvalue weighted by atomic mass is 19.1. The summed E-state index contributed by atoms with van der Waals surface area (Å²) in [4.78, 5) is 23.4. The van der Waals surface area contributed by atoms with Crippen molar-refractivity contribution in [2.24, 2.45) is 5.92 Å². The van der Waals surface area contributed by atoms with Gasteiger partial charge in [0, 0.05) is 12.5 Å². The van der Waals surface area contributed by atoms with Gasteiger partial charge in [-0.05, 0) is 30.5 Å². The summed E-state index contributed by atoms with van der Waals surface area (Å²) in [5.74, 6) is -1.81. The number of rotatable bonds is 5. The summed E-state index contributed by atoms with van der Waals surface area (Å²) >= 11 is 0. The molecule has 1 aliphatic carbocycles. The van der Waals surface area contributed by atoms with Crippen LogP contribution in [0.1, 0.15) is 44.1 Å². The number of hydrogen-bond acceptors (Lipinski definition) is 2. The Morgan fingerprint density at radius 2 is 1.87 bits per heavy atom. The summed E-state index contributed by atoms with van der Waals surface area (Å²) in [5.41, 5.74) is 0.817. The third-order valence-electron chi connectivity index (χ3n) is 4.16. The van der Waals surface area contributed by atoms with E-state index in [9.17, 15) is 19.1 Å². The lowest BCUT2D eigenvalue weighted by Gasteiger charge is -2.22. The van der Waals surface area contributed by atoms with Crippen LogP contribution in [0.5, 0.6) is 0 Å². The molecule has 5 heteroatoms. The summed E-state index contributed by atoms with van der Waals surface area (Å²) in [5, 5.41) is 12.2. The van der Waals surface area contributed by atoms with Gasteiger partial charge in [-0.3, -0.25) is 9.59 Å². The van der Waals surface area contributed by atoms with Crippen LogP contribution >= 0.6 is 0 Å². The first-order valence-electron chi connectivity index (χ1n) is 8.00. The van der Waals surface area contributed by atoms with Crippen LogP contribution in [0, 0.1) is 11.7 Å². The van der Waals surface area contributed by atoms with Crippen LogP contribution < -0.4 is 5.32 Å². The van der Waals surface area contributed by atoms with Gasteiger partial charge in [0.2, 0.25) is 5.91 Å². The fourth-order valence-electron chi connectivity index (χ4n) is 2.92. The second-order valence-corrected chi connectivity index (χ2v) is 5.91. The minimum atomic E-state index is -0.834. The summed E-state index contributed by atoms with van der Waals surface area (Å²) in [7, 11) is 0. The molecular formula is C18H22FNO3. The van der Waals surface area contributed by atoms with Crippen molar-refractivity contribution in [3.8, 4) is 0 Å². The molecule has 2 N–H and O–H groups in total. The molecule has 0 saturated heterocycles. The van der Waals surface area contributed by atoms with Gasteiger partial charge in [0.05, 0.1) is 5.92 Å². The average Bonchev–Trinajstić information content (AvgIpc) is 2.75. The van der Waals surface area contributed by atoms with E-state index in [0.717, 1.165) is 24.8 Å². The lowest BCUT2D eigenvalue weighted by atomic mass is 9.95. The number of carbonyl (C=O) groups is 2. The number of carboxylic acids is 1. The van der Waals surface area contributed by atoms with Gasteiger partial charge in [0.25, 0.3) is 0 Å². The van der Waals surface area contributed by atoms with E-state index in [1.54, 1.807) is 24.3 Å². The molecule has 1 aromatic rings. The number of aliphatic carboxylic acids is 1. The lowest BCUT2D eigenvalue weighted by Crippen LogP contribution is -2.42. The van der Waals surface area contributed by atoms with E-state index in [4.69, 9.17) is 0 Å². The maximum Gasteiger partial charge on any atom is 0.308 e. The van der Waals surface area contributed by atoms with Crippen molar-refractivity contribution in [3.05, 3.63) is 41.7 Å². The average molecular weight is 319 g/mol. The molecular weight excluding hydrogens is 297 g/mol. The van der Waals surface area contributed by atoms with Crippen molar-refractivity contribution < 1.29 is 19.1 Å². The highest BCUT2D eigenvalue weighted by molar-refractivity contribution is 5.80. The van der Waals surface area contributed by atoms with Gasteiger partial charge in [0.15, 0.2) is 0 Å². The number of halogens is 1. The normalized spacial score (nSPS) is 21.8. The van der Waals surface area contributed by atoms with Crippen LogP contribution in [0.3, 0.4) is 0 Å². The highest BCUT2D eigenvalue weighted by Gasteiger charge is 2.30. The molecule has 1 aromatic carbocycles. The molecule has 0 spiro atoms. The van der Waals surface area contributed by atoms with Gasteiger partial charge in [-0.2, -0.15) is 0 Å². The van der Waals surface area contributed by atoms with Gasteiger partial charge >= 0.3 is 5.97 Å². The van der Waals surface area contributed by atoms with Crippen LogP contribution in [-0.2, 0) is 9.59 Å². The lowest BCUT2D eigenvalue weighted by molar-refractivity contribution is -0.143. The summed E-state index contributed by atoms with van der Waals surface area (Å²) in [6, 6.07) is 5.71. The van der Waals surface area contributed by atoms with Crippen molar-refractivity contribution >= 4 is 18.0 Å². The second-order valence-electron chi connectivity index (χ2n) is 5.91. The number of nitrogens with one attached hydrogen (secondary N) is 1. The van der Waals surface area contributed by atoms with Crippen molar-refractivity contribution in [2.45, 2.75) is 44.6 Å². The molecule has 4 nitrogen and oxygen atoms in total. The molecule has 2 atom stereocenters. The molecule has 1 saturated carbocycles. The predicted molar refractivity (Wildman–Crippen MR) is 86.2 cm³/mol. The van der Waals surface area contributed by atoms with E-state index in [1.165, 1.54) is 12.1 Å². The Labute approximate surface area is 135 Å². The number of hydrogen-bond donors (Lipinski definition) is 2. The molecule has 0 aliphatic heterocycles. The van der Waals surface area contributed by atoms with E-state index in [1.807, 2.05) is 0 Å². The molecule has 23 heavy (non-hydrogen) atoms. The summed E-state index contributed by atoms with van der Waals surface area (Å²) in [6.07, 6.45) is 7.82. The third-order valence-corrected chi connectivity index (χ3v) is 4.16. The van der Waals surface area contributed by atoms with E-state index in [2.05, 4.69) is 5.32 Å². The Balaban J connectivity index is 1.87. The highest BCUT2D eigenvalue weighted by Crippen LogP contribution is 2.24. The Hall–Kier alpha value is -2.17. The van der Waals surface area contributed by atoms with Crippen molar-refractivity contribution in [1.82, 2.24) is 5.32 Å². The molecule has 0 unspecified atom stereocenters. The molecule has 0 aromatic heterocycles. The predicted octanol–water partition coefficient (Wildman–Crippen LogP) is 3.38. The van der Waals surface area contributed by atoms with Gasteiger partial charge in [-0.25, -0.2) is 4.39 Å². The maximum absolute atomic E-state index is 12.8. The zero-order valence-corrected chi connectivity index (χ0v) is 13.0. The topological polar surface area (TPSA) is 66.4 Å². The molecule has 0 heterocycles. The summed E-state index contributed by atoms with van der Waals surface area (Å²) in [6.45, 7) is 0. The molecule has 1 fully saturated rings.